The zero-order valence-corrected chi connectivity index (χ0v) is 13.7. The number of ether oxygens (including phenoxy) is 1. The second kappa shape index (κ2) is 6.80. The van der Waals surface area contributed by atoms with E-state index >= 15 is 0 Å². The molecule has 3 heteroatoms. The van der Waals surface area contributed by atoms with E-state index in [1.54, 1.807) is 0 Å². The van der Waals surface area contributed by atoms with Gasteiger partial charge in [0.2, 0.25) is 0 Å². The summed E-state index contributed by atoms with van der Waals surface area (Å²) < 4.78 is 7.12. The molecule has 0 radical (unpaired) electrons. The third-order valence-electron chi connectivity index (χ3n) is 3.11. The number of aryl methyl sites for hydroxylation is 2. The minimum absolute atomic E-state index is 0.107. The highest BCUT2D eigenvalue weighted by Gasteiger charge is 2.07. The summed E-state index contributed by atoms with van der Waals surface area (Å²) in [6, 6.07) is 14.3. The fourth-order valence-electron chi connectivity index (χ4n) is 2.07. The Labute approximate surface area is 129 Å². The molecule has 0 saturated carbocycles. The van der Waals surface area contributed by atoms with Crippen LogP contribution in [0.25, 0.3) is 0 Å². The van der Waals surface area contributed by atoms with Crippen LogP contribution in [0.15, 0.2) is 46.9 Å². The molecule has 0 aliphatic heterocycles. The molecule has 0 saturated heterocycles. The molecule has 2 aromatic rings. The lowest BCUT2D eigenvalue weighted by Gasteiger charge is -2.17. The van der Waals surface area contributed by atoms with Crippen molar-refractivity contribution in [1.82, 2.24) is 0 Å². The smallest absolute Gasteiger partial charge is 0.120 e. The fraction of sp³-hybridized carbons (Fsp3) is 0.294. The molecule has 0 aromatic heterocycles. The summed E-state index contributed by atoms with van der Waals surface area (Å²) in [7, 11) is 0. The largest absolute Gasteiger partial charge is 0.489 e. The van der Waals surface area contributed by atoms with E-state index in [9.17, 15) is 0 Å². The number of halogens is 1. The van der Waals surface area contributed by atoms with E-state index in [2.05, 4.69) is 66.3 Å². The first-order valence-corrected chi connectivity index (χ1v) is 7.58. The van der Waals surface area contributed by atoms with Gasteiger partial charge in [-0.1, -0.05) is 34.1 Å². The van der Waals surface area contributed by atoms with E-state index < -0.39 is 0 Å². The predicted octanol–water partition coefficient (Wildman–Crippen LogP) is 4.95. The summed E-state index contributed by atoms with van der Waals surface area (Å²) in [5.74, 6) is 0.922. The molecular formula is C17H20BrNO. The van der Waals surface area contributed by atoms with Gasteiger partial charge in [0.1, 0.15) is 11.9 Å². The highest BCUT2D eigenvalue weighted by molar-refractivity contribution is 9.10. The molecule has 2 nitrogen and oxygen atoms in total. The molecule has 2 rings (SSSR count). The number of para-hydroxylation sites is 1. The van der Waals surface area contributed by atoms with Gasteiger partial charge in [-0.3, -0.25) is 0 Å². The highest BCUT2D eigenvalue weighted by atomic mass is 79.9. The van der Waals surface area contributed by atoms with Gasteiger partial charge in [-0.05, 0) is 56.2 Å². The number of hydrogen-bond acceptors (Lipinski definition) is 2. The van der Waals surface area contributed by atoms with Gasteiger partial charge in [-0.15, -0.1) is 0 Å². The topological polar surface area (TPSA) is 21.3 Å². The molecule has 0 bridgehead atoms. The molecule has 0 amide bonds. The van der Waals surface area contributed by atoms with Crippen LogP contribution >= 0.6 is 15.9 Å². The zero-order chi connectivity index (χ0) is 14.5. The maximum atomic E-state index is 5.97. The first-order valence-electron chi connectivity index (χ1n) is 6.78. The van der Waals surface area contributed by atoms with Crippen molar-refractivity contribution >= 4 is 21.6 Å². The zero-order valence-electron chi connectivity index (χ0n) is 12.1. The molecule has 0 spiro atoms. The van der Waals surface area contributed by atoms with Crippen LogP contribution in [0.4, 0.5) is 5.69 Å². The van der Waals surface area contributed by atoms with Crippen molar-refractivity contribution in [2.45, 2.75) is 26.9 Å². The van der Waals surface area contributed by atoms with Crippen molar-refractivity contribution < 1.29 is 4.74 Å². The van der Waals surface area contributed by atoms with E-state index in [1.807, 2.05) is 18.2 Å². The number of hydrogen-bond donors (Lipinski definition) is 1. The summed E-state index contributed by atoms with van der Waals surface area (Å²) in [6.45, 7) is 7.01. The second-order valence-corrected chi connectivity index (χ2v) is 5.84. The van der Waals surface area contributed by atoms with Crippen LogP contribution in [0, 0.1) is 13.8 Å². The Hall–Kier alpha value is -1.48. The number of rotatable bonds is 5. The molecule has 0 heterocycles. The van der Waals surface area contributed by atoms with Crippen molar-refractivity contribution in [1.29, 1.82) is 0 Å². The Bertz CT molecular complexity index is 545. The van der Waals surface area contributed by atoms with Crippen LogP contribution < -0.4 is 10.1 Å². The summed E-state index contributed by atoms with van der Waals surface area (Å²) in [5, 5.41) is 3.37. The minimum atomic E-state index is 0.107. The van der Waals surface area contributed by atoms with Crippen molar-refractivity contribution in [2.24, 2.45) is 0 Å². The molecule has 106 valence electrons. The van der Waals surface area contributed by atoms with Crippen molar-refractivity contribution in [3.8, 4) is 5.75 Å². The van der Waals surface area contributed by atoms with E-state index in [1.165, 1.54) is 11.1 Å². The Kier molecular flexibility index (Phi) is 5.07. The van der Waals surface area contributed by atoms with Gasteiger partial charge in [0.05, 0.1) is 6.54 Å². The Balaban J connectivity index is 1.93. The summed E-state index contributed by atoms with van der Waals surface area (Å²) in [6.07, 6.45) is 0.107. The number of nitrogens with one attached hydrogen (secondary N) is 1. The van der Waals surface area contributed by atoms with Gasteiger partial charge in [-0.2, -0.15) is 0 Å². The monoisotopic (exact) mass is 333 g/mol. The SMILES string of the molecule is Cc1cc(OC(C)CNc2ccccc2)cc(C)c1Br. The fourth-order valence-corrected chi connectivity index (χ4v) is 2.29. The van der Waals surface area contributed by atoms with Crippen LogP contribution in [0.5, 0.6) is 5.75 Å². The maximum Gasteiger partial charge on any atom is 0.120 e. The molecule has 1 atom stereocenters. The molecule has 20 heavy (non-hydrogen) atoms. The van der Waals surface area contributed by atoms with Crippen molar-refractivity contribution in [3.05, 3.63) is 58.1 Å². The summed E-state index contributed by atoms with van der Waals surface area (Å²) in [5.41, 5.74) is 3.51. The standard InChI is InChI=1S/C17H20BrNO/c1-12-9-16(10-13(2)17(12)18)20-14(3)11-19-15-7-5-4-6-8-15/h4-10,14,19H,11H2,1-3H3. The van der Waals surface area contributed by atoms with Gasteiger partial charge < -0.3 is 10.1 Å². The second-order valence-electron chi connectivity index (χ2n) is 5.05. The average molecular weight is 334 g/mol. The molecule has 0 aliphatic rings. The minimum Gasteiger partial charge on any atom is -0.489 e. The van der Waals surface area contributed by atoms with Gasteiger partial charge in [-0.25, -0.2) is 0 Å². The lowest BCUT2D eigenvalue weighted by molar-refractivity contribution is 0.234. The third-order valence-corrected chi connectivity index (χ3v) is 4.37. The molecular weight excluding hydrogens is 314 g/mol. The molecule has 2 aromatic carbocycles. The molecule has 1 unspecified atom stereocenters. The van der Waals surface area contributed by atoms with Gasteiger partial charge in [0.15, 0.2) is 0 Å². The number of anilines is 1. The van der Waals surface area contributed by atoms with Gasteiger partial charge >= 0.3 is 0 Å². The Morgan fingerprint density at radius 1 is 1.10 bits per heavy atom. The normalized spacial score (nSPS) is 12.0. The van der Waals surface area contributed by atoms with E-state index in [0.717, 1.165) is 22.5 Å². The van der Waals surface area contributed by atoms with Crippen LogP contribution in [-0.2, 0) is 0 Å². The Morgan fingerprint density at radius 3 is 2.30 bits per heavy atom. The van der Waals surface area contributed by atoms with Crippen LogP contribution in [0.1, 0.15) is 18.1 Å². The quantitative estimate of drug-likeness (QED) is 0.836. The lowest BCUT2D eigenvalue weighted by Crippen LogP contribution is -2.22. The van der Waals surface area contributed by atoms with E-state index in [-0.39, 0.29) is 6.10 Å². The summed E-state index contributed by atoms with van der Waals surface area (Å²) in [4.78, 5) is 0. The van der Waals surface area contributed by atoms with Crippen molar-refractivity contribution in [3.63, 3.8) is 0 Å². The third kappa shape index (κ3) is 4.01. The average Bonchev–Trinajstić information content (AvgIpc) is 2.43. The van der Waals surface area contributed by atoms with Crippen LogP contribution in [0.2, 0.25) is 0 Å². The maximum absolute atomic E-state index is 5.97. The molecule has 1 N–H and O–H groups in total. The van der Waals surface area contributed by atoms with E-state index in [0.29, 0.717) is 0 Å². The molecule has 0 fully saturated rings. The first kappa shape index (κ1) is 14.9. The summed E-state index contributed by atoms with van der Waals surface area (Å²) >= 11 is 3.57. The van der Waals surface area contributed by atoms with Gasteiger partial charge in [0, 0.05) is 10.2 Å². The van der Waals surface area contributed by atoms with Gasteiger partial charge in [0.25, 0.3) is 0 Å². The number of benzene rings is 2. The predicted molar refractivity (Wildman–Crippen MR) is 88.6 cm³/mol. The van der Waals surface area contributed by atoms with Crippen LogP contribution in [0.3, 0.4) is 0 Å². The molecule has 0 aliphatic carbocycles. The first-order chi connectivity index (χ1) is 9.56. The van der Waals surface area contributed by atoms with Crippen molar-refractivity contribution in [2.75, 3.05) is 11.9 Å². The lowest BCUT2D eigenvalue weighted by atomic mass is 10.1. The van der Waals surface area contributed by atoms with E-state index in [4.69, 9.17) is 4.74 Å². The Morgan fingerprint density at radius 2 is 1.70 bits per heavy atom. The highest BCUT2D eigenvalue weighted by Crippen LogP contribution is 2.26. The van der Waals surface area contributed by atoms with Crippen LogP contribution in [-0.4, -0.2) is 12.6 Å².